The van der Waals surface area contributed by atoms with Crippen molar-refractivity contribution < 1.29 is 10.0 Å². The Morgan fingerprint density at radius 3 is 2.06 bits per heavy atom. The Kier molecular flexibility index (Phi) is 3.52. The van der Waals surface area contributed by atoms with E-state index in [0.29, 0.717) is 5.56 Å². The van der Waals surface area contributed by atoms with E-state index in [9.17, 15) is 10.0 Å². The normalized spacial score (nSPS) is 9.94. The third kappa shape index (κ3) is 2.92. The van der Waals surface area contributed by atoms with E-state index in [2.05, 4.69) is 0 Å². The van der Waals surface area contributed by atoms with Crippen molar-refractivity contribution in [1.82, 2.24) is 5.06 Å². The number of rotatable bonds is 3. The number of carbonyl (C=O) groups excluding carboxylic acids is 1. The number of nitrogens with zero attached hydrogens (tertiary/aromatic N) is 1. The monoisotopic (exact) mass is 227 g/mol. The second-order valence-electron chi connectivity index (χ2n) is 3.71. The van der Waals surface area contributed by atoms with E-state index in [0.717, 1.165) is 10.6 Å². The number of hydroxylamine groups is 2. The molecule has 1 amide bonds. The van der Waals surface area contributed by atoms with Gasteiger partial charge in [0.15, 0.2) is 0 Å². The van der Waals surface area contributed by atoms with Gasteiger partial charge in [-0.15, -0.1) is 0 Å². The van der Waals surface area contributed by atoms with Gasteiger partial charge in [0.25, 0.3) is 5.91 Å². The van der Waals surface area contributed by atoms with Gasteiger partial charge in [-0.2, -0.15) is 0 Å². The number of carbonyl (C=O) groups is 1. The van der Waals surface area contributed by atoms with Crippen LogP contribution in [0.25, 0.3) is 0 Å². The molecule has 2 rings (SSSR count). The first-order chi connectivity index (χ1) is 8.27. The quantitative estimate of drug-likeness (QED) is 0.647. The number of amides is 1. The summed E-state index contributed by atoms with van der Waals surface area (Å²) in [5.74, 6) is -0.394. The van der Waals surface area contributed by atoms with Crippen molar-refractivity contribution in [2.45, 2.75) is 6.54 Å². The summed E-state index contributed by atoms with van der Waals surface area (Å²) in [6.07, 6.45) is 0. The molecule has 0 atom stereocenters. The van der Waals surface area contributed by atoms with Crippen molar-refractivity contribution in [1.29, 1.82) is 0 Å². The second-order valence-corrected chi connectivity index (χ2v) is 3.71. The van der Waals surface area contributed by atoms with E-state index >= 15 is 0 Å². The maximum atomic E-state index is 11.8. The minimum absolute atomic E-state index is 0.189. The third-order valence-electron chi connectivity index (χ3n) is 2.43. The van der Waals surface area contributed by atoms with E-state index in [1.54, 1.807) is 24.3 Å². The largest absolute Gasteiger partial charge is 0.285 e. The van der Waals surface area contributed by atoms with Crippen LogP contribution >= 0.6 is 0 Å². The minimum Gasteiger partial charge on any atom is -0.285 e. The van der Waals surface area contributed by atoms with Crippen LogP contribution in [0.3, 0.4) is 0 Å². The summed E-state index contributed by atoms with van der Waals surface area (Å²) < 4.78 is 0. The molecule has 0 saturated heterocycles. The van der Waals surface area contributed by atoms with Gasteiger partial charge >= 0.3 is 0 Å². The molecule has 0 saturated carbocycles. The molecule has 0 unspecified atom stereocenters. The Morgan fingerprint density at radius 1 is 0.941 bits per heavy atom. The first kappa shape index (κ1) is 11.4. The summed E-state index contributed by atoms with van der Waals surface area (Å²) in [6.45, 7) is 0.189. The Hall–Kier alpha value is -2.13. The molecule has 3 heteroatoms. The molecular formula is C14H13NO2. The molecule has 0 heterocycles. The standard InChI is InChI=1S/C14H13NO2/c16-14(13-9-5-2-6-10-13)15(17)11-12-7-3-1-4-8-12/h1-10,17H,11H2. The highest BCUT2D eigenvalue weighted by atomic mass is 16.5. The average Bonchev–Trinajstić information content (AvgIpc) is 2.40. The van der Waals surface area contributed by atoms with Crippen LogP contribution in [-0.2, 0) is 6.54 Å². The van der Waals surface area contributed by atoms with Crippen molar-refractivity contribution in [3.8, 4) is 0 Å². The first-order valence-electron chi connectivity index (χ1n) is 5.37. The molecule has 1 N–H and O–H groups in total. The molecule has 3 nitrogen and oxygen atoms in total. The topological polar surface area (TPSA) is 40.5 Å². The van der Waals surface area contributed by atoms with Crippen molar-refractivity contribution in [2.75, 3.05) is 0 Å². The molecule has 2 aromatic carbocycles. The molecule has 0 aliphatic heterocycles. The van der Waals surface area contributed by atoms with E-state index < -0.39 is 5.91 Å². The Bertz CT molecular complexity index is 482. The average molecular weight is 227 g/mol. The summed E-state index contributed by atoms with van der Waals surface area (Å²) in [5, 5.41) is 10.4. The second kappa shape index (κ2) is 5.27. The Morgan fingerprint density at radius 2 is 1.47 bits per heavy atom. The van der Waals surface area contributed by atoms with E-state index in [1.807, 2.05) is 36.4 Å². The molecule has 0 spiro atoms. The van der Waals surface area contributed by atoms with Gasteiger partial charge in [-0.1, -0.05) is 48.5 Å². The lowest BCUT2D eigenvalue weighted by atomic mass is 10.2. The number of hydrogen-bond donors (Lipinski definition) is 1. The van der Waals surface area contributed by atoms with Crippen LogP contribution in [0.5, 0.6) is 0 Å². The molecule has 0 radical (unpaired) electrons. The van der Waals surface area contributed by atoms with Crippen LogP contribution in [0, 0.1) is 0 Å². The Labute approximate surface area is 99.9 Å². The lowest BCUT2D eigenvalue weighted by Gasteiger charge is -2.14. The van der Waals surface area contributed by atoms with Gasteiger partial charge in [0.05, 0.1) is 6.54 Å². The van der Waals surface area contributed by atoms with Gasteiger partial charge < -0.3 is 0 Å². The van der Waals surface area contributed by atoms with E-state index in [4.69, 9.17) is 0 Å². The van der Waals surface area contributed by atoms with Crippen molar-refractivity contribution in [3.63, 3.8) is 0 Å². The fourth-order valence-corrected chi connectivity index (χ4v) is 1.56. The van der Waals surface area contributed by atoms with Gasteiger partial charge in [-0.05, 0) is 17.7 Å². The zero-order chi connectivity index (χ0) is 12.1. The molecule has 0 aliphatic carbocycles. The third-order valence-corrected chi connectivity index (χ3v) is 2.43. The molecule has 17 heavy (non-hydrogen) atoms. The summed E-state index contributed by atoms with van der Waals surface area (Å²) in [7, 11) is 0. The zero-order valence-electron chi connectivity index (χ0n) is 9.28. The van der Waals surface area contributed by atoms with Crippen LogP contribution in [-0.4, -0.2) is 16.2 Å². The molecule has 2 aromatic rings. The zero-order valence-corrected chi connectivity index (χ0v) is 9.28. The van der Waals surface area contributed by atoms with Crippen molar-refractivity contribution in [3.05, 3.63) is 71.8 Å². The molecule has 0 aromatic heterocycles. The Balaban J connectivity index is 2.06. The number of benzene rings is 2. The SMILES string of the molecule is O=C(c1ccccc1)N(O)Cc1ccccc1. The maximum absolute atomic E-state index is 11.8. The highest BCUT2D eigenvalue weighted by molar-refractivity contribution is 5.93. The summed E-state index contributed by atoms with van der Waals surface area (Å²) >= 11 is 0. The highest BCUT2D eigenvalue weighted by Gasteiger charge is 2.12. The van der Waals surface area contributed by atoms with Gasteiger partial charge in [0.1, 0.15) is 0 Å². The van der Waals surface area contributed by atoms with Crippen LogP contribution in [0.1, 0.15) is 15.9 Å². The molecule has 86 valence electrons. The maximum Gasteiger partial charge on any atom is 0.277 e. The summed E-state index contributed by atoms with van der Waals surface area (Å²) in [5.41, 5.74) is 1.37. The van der Waals surface area contributed by atoms with E-state index in [-0.39, 0.29) is 6.54 Å². The summed E-state index contributed by atoms with van der Waals surface area (Å²) in [6, 6.07) is 18.1. The predicted molar refractivity (Wildman–Crippen MR) is 64.5 cm³/mol. The molecular weight excluding hydrogens is 214 g/mol. The predicted octanol–water partition coefficient (Wildman–Crippen LogP) is 2.72. The van der Waals surface area contributed by atoms with Gasteiger partial charge in [-0.25, -0.2) is 5.06 Å². The van der Waals surface area contributed by atoms with Crippen molar-refractivity contribution in [2.24, 2.45) is 0 Å². The van der Waals surface area contributed by atoms with Crippen LogP contribution in [0.2, 0.25) is 0 Å². The highest BCUT2D eigenvalue weighted by Crippen LogP contribution is 2.07. The van der Waals surface area contributed by atoms with Gasteiger partial charge in [0.2, 0.25) is 0 Å². The van der Waals surface area contributed by atoms with Crippen LogP contribution in [0.4, 0.5) is 0 Å². The summed E-state index contributed by atoms with van der Waals surface area (Å²) in [4.78, 5) is 11.8. The van der Waals surface area contributed by atoms with Gasteiger partial charge in [-0.3, -0.25) is 10.0 Å². The van der Waals surface area contributed by atoms with E-state index in [1.165, 1.54) is 0 Å². The van der Waals surface area contributed by atoms with Crippen molar-refractivity contribution >= 4 is 5.91 Å². The first-order valence-corrected chi connectivity index (χ1v) is 5.37. The lowest BCUT2D eigenvalue weighted by Crippen LogP contribution is -2.26. The molecule has 0 aliphatic rings. The lowest BCUT2D eigenvalue weighted by molar-refractivity contribution is -0.0648. The molecule has 0 fully saturated rings. The fraction of sp³-hybridized carbons (Fsp3) is 0.0714. The van der Waals surface area contributed by atoms with Crippen LogP contribution in [0.15, 0.2) is 60.7 Å². The minimum atomic E-state index is -0.394. The molecule has 0 bridgehead atoms. The van der Waals surface area contributed by atoms with Gasteiger partial charge in [0, 0.05) is 5.56 Å². The number of hydrogen-bond acceptors (Lipinski definition) is 2. The van der Waals surface area contributed by atoms with Crippen LogP contribution < -0.4 is 0 Å². The fourth-order valence-electron chi connectivity index (χ4n) is 1.56. The smallest absolute Gasteiger partial charge is 0.277 e.